The summed E-state index contributed by atoms with van der Waals surface area (Å²) in [6, 6.07) is 14.7. The number of benzene rings is 2. The van der Waals surface area contributed by atoms with Gasteiger partial charge in [-0.25, -0.2) is 12.4 Å². The van der Waals surface area contributed by atoms with Gasteiger partial charge in [-0.1, -0.05) is 36.4 Å². The molecule has 0 aliphatic carbocycles. The van der Waals surface area contributed by atoms with Crippen molar-refractivity contribution in [1.82, 2.24) is 3.97 Å². The predicted molar refractivity (Wildman–Crippen MR) is 113 cm³/mol. The van der Waals surface area contributed by atoms with Crippen molar-refractivity contribution < 1.29 is 33.2 Å². The van der Waals surface area contributed by atoms with Gasteiger partial charge in [0.05, 0.1) is 29.2 Å². The minimum absolute atomic E-state index is 0.0402. The molecule has 1 aliphatic rings. The van der Waals surface area contributed by atoms with Crippen LogP contribution < -0.4 is 0 Å². The van der Waals surface area contributed by atoms with Crippen LogP contribution in [0.2, 0.25) is 0 Å². The van der Waals surface area contributed by atoms with E-state index in [0.717, 1.165) is 3.97 Å². The molecular formula is C22H25NO7S. The Balaban J connectivity index is 1.93. The summed E-state index contributed by atoms with van der Waals surface area (Å²) >= 11 is 0. The second kappa shape index (κ2) is 8.34. The smallest absolute Gasteiger partial charge is 0.268 e. The second-order valence-corrected chi connectivity index (χ2v) is 9.29. The van der Waals surface area contributed by atoms with Gasteiger partial charge in [-0.05, 0) is 25.1 Å². The van der Waals surface area contributed by atoms with Gasteiger partial charge in [0.15, 0.2) is 11.9 Å². The summed E-state index contributed by atoms with van der Waals surface area (Å²) in [6.07, 6.45) is -2.09. The van der Waals surface area contributed by atoms with Crippen LogP contribution in [0.25, 0.3) is 10.9 Å². The second-order valence-electron chi connectivity index (χ2n) is 7.48. The molecule has 2 aromatic carbocycles. The number of hydrogen-bond donors (Lipinski definition) is 3. The van der Waals surface area contributed by atoms with Crippen molar-refractivity contribution in [3.8, 4) is 0 Å². The van der Waals surface area contributed by atoms with Crippen LogP contribution >= 0.6 is 0 Å². The van der Waals surface area contributed by atoms with E-state index < -0.39 is 34.1 Å². The van der Waals surface area contributed by atoms with Gasteiger partial charge >= 0.3 is 0 Å². The van der Waals surface area contributed by atoms with Gasteiger partial charge in [-0.2, -0.15) is 0 Å². The third-order valence-corrected chi connectivity index (χ3v) is 7.29. The highest BCUT2D eigenvalue weighted by molar-refractivity contribution is 7.90. The number of ether oxygens (including phenoxy) is 2. The number of aliphatic hydroxyl groups is 3. The van der Waals surface area contributed by atoms with Crippen LogP contribution in [0.4, 0.5) is 0 Å². The Morgan fingerprint density at radius 3 is 2.52 bits per heavy atom. The normalized spacial score (nSPS) is 26.9. The number of nitrogens with zero attached hydrogens (tertiary/aromatic N) is 1. The first kappa shape index (κ1) is 21.9. The molecule has 4 rings (SSSR count). The molecule has 4 atom stereocenters. The minimum Gasteiger partial charge on any atom is -0.394 e. The molecule has 8 nitrogen and oxygen atoms in total. The van der Waals surface area contributed by atoms with Crippen molar-refractivity contribution >= 4 is 20.9 Å². The molecule has 0 spiro atoms. The molecule has 31 heavy (non-hydrogen) atoms. The molecule has 1 aromatic heterocycles. The predicted octanol–water partition coefficient (Wildman–Crippen LogP) is 1.57. The lowest BCUT2D eigenvalue weighted by atomic mass is 9.82. The Kier molecular flexibility index (Phi) is 5.91. The van der Waals surface area contributed by atoms with Gasteiger partial charge in [0, 0.05) is 30.2 Å². The Labute approximate surface area is 180 Å². The van der Waals surface area contributed by atoms with E-state index in [1.807, 2.05) is 0 Å². The highest BCUT2D eigenvalue weighted by Crippen LogP contribution is 2.43. The zero-order valence-electron chi connectivity index (χ0n) is 17.0. The maximum absolute atomic E-state index is 13.4. The number of para-hydroxylation sites is 1. The van der Waals surface area contributed by atoms with Crippen molar-refractivity contribution in [3.05, 3.63) is 66.4 Å². The van der Waals surface area contributed by atoms with Crippen molar-refractivity contribution in [2.45, 2.75) is 42.3 Å². The van der Waals surface area contributed by atoms with Gasteiger partial charge in [-0.3, -0.25) is 0 Å². The van der Waals surface area contributed by atoms with E-state index >= 15 is 0 Å². The van der Waals surface area contributed by atoms with E-state index in [1.54, 1.807) is 49.4 Å². The quantitative estimate of drug-likeness (QED) is 0.525. The number of aliphatic hydroxyl groups excluding tert-OH is 2. The molecule has 0 amide bonds. The molecule has 0 unspecified atom stereocenters. The lowest BCUT2D eigenvalue weighted by molar-refractivity contribution is -0.320. The van der Waals surface area contributed by atoms with Crippen LogP contribution in [0.15, 0.2) is 65.7 Å². The lowest BCUT2D eigenvalue weighted by Crippen LogP contribution is -2.58. The van der Waals surface area contributed by atoms with E-state index in [-0.39, 0.29) is 30.1 Å². The maximum atomic E-state index is 13.4. The van der Waals surface area contributed by atoms with Crippen LogP contribution in [0.3, 0.4) is 0 Å². The molecule has 1 fully saturated rings. The molecule has 3 N–H and O–H groups in total. The third-order valence-electron chi connectivity index (χ3n) is 5.60. The third kappa shape index (κ3) is 3.57. The molecule has 0 radical (unpaired) electrons. The van der Waals surface area contributed by atoms with Crippen molar-refractivity contribution in [2.24, 2.45) is 0 Å². The van der Waals surface area contributed by atoms with E-state index in [2.05, 4.69) is 0 Å². The Bertz CT molecular complexity index is 1160. The van der Waals surface area contributed by atoms with Crippen LogP contribution in [-0.2, 0) is 25.1 Å². The summed E-state index contributed by atoms with van der Waals surface area (Å²) in [4.78, 5) is 0.0939. The summed E-state index contributed by atoms with van der Waals surface area (Å²) < 4.78 is 39.1. The van der Waals surface area contributed by atoms with E-state index in [0.29, 0.717) is 10.9 Å². The molecule has 1 saturated heterocycles. The monoisotopic (exact) mass is 447 g/mol. The molecular weight excluding hydrogens is 422 g/mol. The summed E-state index contributed by atoms with van der Waals surface area (Å²) in [5.41, 5.74) is -1.52. The molecule has 3 aromatic rings. The van der Waals surface area contributed by atoms with Gasteiger partial charge in [0.1, 0.15) is 0 Å². The maximum Gasteiger partial charge on any atom is 0.268 e. The zero-order chi connectivity index (χ0) is 22.2. The van der Waals surface area contributed by atoms with E-state index in [1.165, 1.54) is 18.3 Å². The van der Waals surface area contributed by atoms with E-state index in [9.17, 15) is 23.7 Å². The Morgan fingerprint density at radius 2 is 1.84 bits per heavy atom. The first-order valence-electron chi connectivity index (χ1n) is 10.0. The highest BCUT2D eigenvalue weighted by atomic mass is 32.2. The summed E-state index contributed by atoms with van der Waals surface area (Å²) in [6.45, 7) is 1.54. The fourth-order valence-electron chi connectivity index (χ4n) is 4.04. The molecule has 0 bridgehead atoms. The number of rotatable bonds is 6. The van der Waals surface area contributed by atoms with Gasteiger partial charge in [0.25, 0.3) is 10.0 Å². The minimum atomic E-state index is -3.97. The van der Waals surface area contributed by atoms with E-state index in [4.69, 9.17) is 9.47 Å². The molecule has 2 heterocycles. The summed E-state index contributed by atoms with van der Waals surface area (Å²) in [5, 5.41) is 32.5. The van der Waals surface area contributed by atoms with Crippen LogP contribution in [0.1, 0.15) is 18.9 Å². The Hall–Kier alpha value is -2.27. The lowest BCUT2D eigenvalue weighted by Gasteiger charge is -2.45. The topological polar surface area (TPSA) is 118 Å². The van der Waals surface area contributed by atoms with Gasteiger partial charge in [-0.15, -0.1) is 0 Å². The number of fused-ring (bicyclic) bond motifs is 1. The van der Waals surface area contributed by atoms with Gasteiger partial charge in [0.2, 0.25) is 0 Å². The summed E-state index contributed by atoms with van der Waals surface area (Å²) in [5.74, 6) is 0. The standard InChI is InChI=1S/C22H25NO7S/c1-2-29-21-22(26,20(25)12-15(14-24)30-21)18-13-23(19-11-7-6-10-17(18)19)31(27,28)16-8-4-3-5-9-16/h3-11,13,15,20-21,24-26H,2,12,14H2,1H3/t15-,20-,21+,22+/m0/s1. The molecule has 9 heteroatoms. The van der Waals surface area contributed by atoms with Crippen molar-refractivity contribution in [2.75, 3.05) is 13.2 Å². The fraction of sp³-hybridized carbons (Fsp3) is 0.364. The molecule has 1 aliphatic heterocycles. The number of hydrogen-bond acceptors (Lipinski definition) is 7. The van der Waals surface area contributed by atoms with Crippen LogP contribution in [-0.4, -0.2) is 59.4 Å². The van der Waals surface area contributed by atoms with Crippen molar-refractivity contribution in [3.63, 3.8) is 0 Å². The fourth-order valence-corrected chi connectivity index (χ4v) is 5.43. The Morgan fingerprint density at radius 1 is 1.16 bits per heavy atom. The number of aromatic nitrogens is 1. The first-order valence-corrected chi connectivity index (χ1v) is 11.5. The van der Waals surface area contributed by atoms with Gasteiger partial charge < -0.3 is 24.8 Å². The van der Waals surface area contributed by atoms with Crippen LogP contribution in [0.5, 0.6) is 0 Å². The highest BCUT2D eigenvalue weighted by Gasteiger charge is 2.53. The molecule has 0 saturated carbocycles. The zero-order valence-corrected chi connectivity index (χ0v) is 17.8. The van der Waals surface area contributed by atoms with Crippen LogP contribution in [0, 0.1) is 0 Å². The average molecular weight is 448 g/mol. The SMILES string of the molecule is CCO[C@@H]1O[C@H](CO)C[C@H](O)[C@]1(O)c1cn(S(=O)(=O)c2ccccc2)c2ccccc12. The molecule has 166 valence electrons. The first-order chi connectivity index (χ1) is 14.8. The largest absolute Gasteiger partial charge is 0.394 e. The average Bonchev–Trinajstić information content (AvgIpc) is 3.18. The summed E-state index contributed by atoms with van der Waals surface area (Å²) in [7, 11) is -3.97. The van der Waals surface area contributed by atoms with Crippen molar-refractivity contribution in [1.29, 1.82) is 0 Å².